The molecule has 0 atom stereocenters. The summed E-state index contributed by atoms with van der Waals surface area (Å²) in [6.45, 7) is 3.62. The van der Waals surface area contributed by atoms with E-state index in [1.807, 2.05) is 6.07 Å². The fourth-order valence-electron chi connectivity index (χ4n) is 2.34. The van der Waals surface area contributed by atoms with Crippen molar-refractivity contribution in [2.75, 3.05) is 19.7 Å². The second kappa shape index (κ2) is 7.20. The largest absolute Gasteiger partial charge is 0.395 e. The van der Waals surface area contributed by atoms with Gasteiger partial charge in [0.2, 0.25) is 0 Å². The average molecular weight is 243 g/mol. The highest BCUT2D eigenvalue weighted by Gasteiger charge is 2.10. The molecule has 1 aromatic rings. The summed E-state index contributed by atoms with van der Waals surface area (Å²) in [7, 11) is 0. The van der Waals surface area contributed by atoms with E-state index in [2.05, 4.69) is 34.9 Å². The molecule has 18 heavy (non-hydrogen) atoms. The molecule has 1 fully saturated rings. The van der Waals surface area contributed by atoms with E-state index in [0.29, 0.717) is 6.42 Å². The Morgan fingerprint density at radius 3 is 2.78 bits per heavy atom. The summed E-state index contributed by atoms with van der Waals surface area (Å²) < 4.78 is 0. The van der Waals surface area contributed by atoms with Crippen LogP contribution >= 0.6 is 0 Å². The molecular formula is C16H21NO. The third kappa shape index (κ3) is 4.18. The molecule has 1 aromatic carbocycles. The molecule has 0 amide bonds. The Labute approximate surface area is 110 Å². The topological polar surface area (TPSA) is 23.5 Å². The van der Waals surface area contributed by atoms with Crippen LogP contribution in [0.15, 0.2) is 24.3 Å². The Bertz CT molecular complexity index is 424. The van der Waals surface area contributed by atoms with Crippen LogP contribution in [-0.4, -0.2) is 29.7 Å². The van der Waals surface area contributed by atoms with E-state index >= 15 is 0 Å². The first-order valence-electron chi connectivity index (χ1n) is 6.79. The molecule has 2 heteroatoms. The minimum atomic E-state index is 0.139. The molecule has 96 valence electrons. The van der Waals surface area contributed by atoms with Crippen LogP contribution in [0.4, 0.5) is 0 Å². The second-order valence-electron chi connectivity index (χ2n) is 4.81. The molecule has 1 N–H and O–H groups in total. The van der Waals surface area contributed by atoms with Gasteiger partial charge in [0, 0.05) is 18.5 Å². The summed E-state index contributed by atoms with van der Waals surface area (Å²) in [5, 5.41) is 8.71. The summed E-state index contributed by atoms with van der Waals surface area (Å²) in [4.78, 5) is 2.52. The molecule has 1 saturated heterocycles. The summed E-state index contributed by atoms with van der Waals surface area (Å²) in [6, 6.07) is 8.44. The van der Waals surface area contributed by atoms with E-state index in [1.54, 1.807) is 0 Å². The van der Waals surface area contributed by atoms with Crippen LogP contribution in [0.5, 0.6) is 0 Å². The van der Waals surface area contributed by atoms with Crippen molar-refractivity contribution in [2.45, 2.75) is 32.2 Å². The predicted octanol–water partition coefficient (Wildman–Crippen LogP) is 2.41. The Balaban J connectivity index is 1.96. The van der Waals surface area contributed by atoms with Gasteiger partial charge in [-0.1, -0.05) is 30.4 Å². The molecule has 0 radical (unpaired) electrons. The molecule has 0 saturated carbocycles. The lowest BCUT2D eigenvalue weighted by Gasteiger charge is -2.26. The minimum absolute atomic E-state index is 0.139. The van der Waals surface area contributed by atoms with Gasteiger partial charge in [-0.15, -0.1) is 0 Å². The van der Waals surface area contributed by atoms with Crippen LogP contribution in [0.25, 0.3) is 0 Å². The van der Waals surface area contributed by atoms with E-state index in [1.165, 1.54) is 37.9 Å². The van der Waals surface area contributed by atoms with Crippen LogP contribution in [0, 0.1) is 11.8 Å². The summed E-state index contributed by atoms with van der Waals surface area (Å²) in [5.41, 5.74) is 2.39. The smallest absolute Gasteiger partial charge is 0.0540 e. The molecule has 0 spiro atoms. The summed E-state index contributed by atoms with van der Waals surface area (Å²) in [6.07, 6.45) is 4.59. The van der Waals surface area contributed by atoms with Crippen molar-refractivity contribution in [2.24, 2.45) is 0 Å². The molecular weight excluding hydrogens is 222 g/mol. The molecule has 0 aromatic heterocycles. The highest BCUT2D eigenvalue weighted by atomic mass is 16.2. The third-order valence-electron chi connectivity index (χ3n) is 3.25. The molecule has 2 nitrogen and oxygen atoms in total. The van der Waals surface area contributed by atoms with E-state index in [9.17, 15) is 0 Å². The van der Waals surface area contributed by atoms with Gasteiger partial charge in [-0.05, 0) is 43.6 Å². The van der Waals surface area contributed by atoms with Crippen molar-refractivity contribution in [3.05, 3.63) is 35.4 Å². The van der Waals surface area contributed by atoms with Gasteiger partial charge in [-0.25, -0.2) is 0 Å². The number of likely N-dealkylation sites (tertiary alicyclic amines) is 1. The van der Waals surface area contributed by atoms with Gasteiger partial charge in [-0.2, -0.15) is 0 Å². The average Bonchev–Trinajstić information content (AvgIpc) is 2.41. The van der Waals surface area contributed by atoms with Crippen LogP contribution in [-0.2, 0) is 6.54 Å². The van der Waals surface area contributed by atoms with Gasteiger partial charge in [0.15, 0.2) is 0 Å². The maximum atomic E-state index is 8.71. The maximum absolute atomic E-state index is 8.71. The van der Waals surface area contributed by atoms with Crippen molar-refractivity contribution in [1.29, 1.82) is 0 Å². The van der Waals surface area contributed by atoms with Gasteiger partial charge in [0.05, 0.1) is 6.61 Å². The van der Waals surface area contributed by atoms with Gasteiger partial charge in [0.1, 0.15) is 0 Å². The number of hydrogen-bond acceptors (Lipinski definition) is 2. The van der Waals surface area contributed by atoms with Crippen molar-refractivity contribution in [1.82, 2.24) is 4.90 Å². The lowest BCUT2D eigenvalue weighted by molar-refractivity contribution is 0.221. The van der Waals surface area contributed by atoms with Crippen molar-refractivity contribution in [3.63, 3.8) is 0 Å². The lowest BCUT2D eigenvalue weighted by atomic mass is 10.1. The van der Waals surface area contributed by atoms with Crippen LogP contribution in [0.3, 0.4) is 0 Å². The van der Waals surface area contributed by atoms with Crippen LogP contribution < -0.4 is 0 Å². The van der Waals surface area contributed by atoms with E-state index in [-0.39, 0.29) is 6.61 Å². The number of rotatable bonds is 3. The summed E-state index contributed by atoms with van der Waals surface area (Å²) >= 11 is 0. The van der Waals surface area contributed by atoms with E-state index in [0.717, 1.165) is 12.1 Å². The standard InChI is InChI=1S/C16H21NO/c18-12-5-2-7-15-8-6-9-16(13-15)14-17-10-3-1-4-11-17/h6,8-9,13,18H,1,3-5,10-12,14H2. The molecule has 0 unspecified atom stereocenters. The Hall–Kier alpha value is -1.30. The molecule has 2 rings (SSSR count). The van der Waals surface area contributed by atoms with Gasteiger partial charge < -0.3 is 5.11 Å². The zero-order valence-electron chi connectivity index (χ0n) is 10.9. The first-order valence-corrected chi connectivity index (χ1v) is 6.79. The Kier molecular flexibility index (Phi) is 5.26. The van der Waals surface area contributed by atoms with Gasteiger partial charge >= 0.3 is 0 Å². The molecule has 1 aliphatic rings. The zero-order valence-corrected chi connectivity index (χ0v) is 10.9. The lowest BCUT2D eigenvalue weighted by Crippen LogP contribution is -2.29. The molecule has 1 aliphatic heterocycles. The minimum Gasteiger partial charge on any atom is -0.395 e. The summed E-state index contributed by atoms with van der Waals surface area (Å²) in [5.74, 6) is 6.06. The monoisotopic (exact) mass is 243 g/mol. The quantitative estimate of drug-likeness (QED) is 0.824. The maximum Gasteiger partial charge on any atom is 0.0540 e. The molecule has 0 aliphatic carbocycles. The Morgan fingerprint density at radius 1 is 1.17 bits per heavy atom. The first-order chi connectivity index (χ1) is 8.88. The molecule has 1 heterocycles. The number of aliphatic hydroxyl groups excluding tert-OH is 1. The Morgan fingerprint density at radius 2 is 2.00 bits per heavy atom. The fourth-order valence-corrected chi connectivity index (χ4v) is 2.34. The number of piperidine rings is 1. The van der Waals surface area contributed by atoms with Crippen molar-refractivity contribution >= 4 is 0 Å². The highest BCUT2D eigenvalue weighted by molar-refractivity contribution is 5.37. The van der Waals surface area contributed by atoms with E-state index < -0.39 is 0 Å². The number of hydrogen-bond donors (Lipinski definition) is 1. The third-order valence-corrected chi connectivity index (χ3v) is 3.25. The fraction of sp³-hybridized carbons (Fsp3) is 0.500. The first kappa shape index (κ1) is 13.1. The number of aliphatic hydroxyl groups is 1. The molecule has 0 bridgehead atoms. The SMILES string of the molecule is OCCC#Cc1cccc(CN2CCCCC2)c1. The zero-order chi connectivity index (χ0) is 12.6. The van der Waals surface area contributed by atoms with E-state index in [4.69, 9.17) is 5.11 Å². The predicted molar refractivity (Wildman–Crippen MR) is 74.2 cm³/mol. The van der Waals surface area contributed by atoms with Crippen LogP contribution in [0.1, 0.15) is 36.8 Å². The number of nitrogens with zero attached hydrogens (tertiary/aromatic N) is 1. The van der Waals surface area contributed by atoms with Crippen LogP contribution in [0.2, 0.25) is 0 Å². The second-order valence-corrected chi connectivity index (χ2v) is 4.81. The highest BCUT2D eigenvalue weighted by Crippen LogP contribution is 2.13. The normalized spacial score (nSPS) is 16.1. The number of benzene rings is 1. The van der Waals surface area contributed by atoms with Crippen molar-refractivity contribution in [3.8, 4) is 11.8 Å². The van der Waals surface area contributed by atoms with Gasteiger partial charge in [-0.3, -0.25) is 4.90 Å². The van der Waals surface area contributed by atoms with Crippen molar-refractivity contribution < 1.29 is 5.11 Å². The van der Waals surface area contributed by atoms with Gasteiger partial charge in [0.25, 0.3) is 0 Å².